The summed E-state index contributed by atoms with van der Waals surface area (Å²) >= 11 is 1.53. The quantitative estimate of drug-likeness (QED) is 0.843. The van der Waals surface area contributed by atoms with E-state index >= 15 is 0 Å². The number of fused-ring (bicyclic) bond motifs is 1. The number of benzene rings is 1. The van der Waals surface area contributed by atoms with Crippen molar-refractivity contribution in [2.45, 2.75) is 23.5 Å². The lowest BCUT2D eigenvalue weighted by atomic mass is 10.2. The van der Waals surface area contributed by atoms with Gasteiger partial charge in [0, 0.05) is 10.6 Å². The van der Waals surface area contributed by atoms with E-state index in [0.717, 1.165) is 17.0 Å². The summed E-state index contributed by atoms with van der Waals surface area (Å²) in [5.41, 5.74) is 7.04. The molecular weight excluding hydrogens is 239 g/mol. The van der Waals surface area contributed by atoms with Crippen LogP contribution < -0.4 is 10.6 Å². The van der Waals surface area contributed by atoms with E-state index in [1.807, 2.05) is 19.1 Å². The summed E-state index contributed by atoms with van der Waals surface area (Å²) in [5, 5.41) is -0.113. The first kappa shape index (κ1) is 12.2. The van der Waals surface area contributed by atoms with Crippen LogP contribution in [0.4, 0.5) is 15.8 Å². The number of anilines is 2. The number of nitrogens with zero attached hydrogens (tertiary/aromatic N) is 1. The maximum atomic E-state index is 12.5. The Kier molecular flexibility index (Phi) is 3.57. The molecule has 0 saturated heterocycles. The average molecular weight is 254 g/mol. The zero-order valence-corrected chi connectivity index (χ0v) is 10.5. The van der Waals surface area contributed by atoms with Crippen molar-refractivity contribution >= 4 is 29.0 Å². The molecule has 2 rings (SSSR count). The average Bonchev–Trinajstić information content (AvgIpc) is 2.33. The third kappa shape index (κ3) is 2.24. The van der Waals surface area contributed by atoms with Gasteiger partial charge in [-0.3, -0.25) is 4.79 Å². The number of carbonyl (C=O) groups is 1. The monoisotopic (exact) mass is 254 g/mol. The second-order valence-electron chi connectivity index (χ2n) is 3.92. The molecular formula is C12H15FN2OS. The molecule has 0 spiro atoms. The van der Waals surface area contributed by atoms with Gasteiger partial charge in [0.15, 0.2) is 0 Å². The van der Waals surface area contributed by atoms with Crippen LogP contribution in [-0.4, -0.2) is 24.4 Å². The van der Waals surface area contributed by atoms with Crippen molar-refractivity contribution in [2.75, 3.05) is 23.9 Å². The van der Waals surface area contributed by atoms with Gasteiger partial charge < -0.3 is 10.6 Å². The van der Waals surface area contributed by atoms with Crippen LogP contribution in [0.15, 0.2) is 23.1 Å². The predicted molar refractivity (Wildman–Crippen MR) is 69.1 cm³/mol. The minimum absolute atomic E-state index is 0.0201. The van der Waals surface area contributed by atoms with Gasteiger partial charge >= 0.3 is 0 Å². The molecule has 1 aliphatic heterocycles. The number of nitrogens with two attached hydrogens (primary N) is 1. The Balaban J connectivity index is 2.43. The number of hydrogen-bond donors (Lipinski definition) is 1. The van der Waals surface area contributed by atoms with Gasteiger partial charge in [-0.1, -0.05) is 6.92 Å². The molecule has 1 heterocycles. The van der Waals surface area contributed by atoms with Crippen molar-refractivity contribution in [3.05, 3.63) is 18.2 Å². The highest BCUT2D eigenvalue weighted by molar-refractivity contribution is 8.01. The Morgan fingerprint density at radius 1 is 1.53 bits per heavy atom. The van der Waals surface area contributed by atoms with E-state index in [1.54, 1.807) is 6.07 Å². The van der Waals surface area contributed by atoms with Crippen LogP contribution >= 0.6 is 11.8 Å². The number of hydrogen-bond acceptors (Lipinski definition) is 3. The SMILES string of the molecule is CCC1Sc2ccc(N)cc2N(CCF)C1=O. The van der Waals surface area contributed by atoms with Crippen LogP contribution in [0.1, 0.15) is 13.3 Å². The fraction of sp³-hybridized carbons (Fsp3) is 0.417. The van der Waals surface area contributed by atoms with Crippen LogP contribution in [0.25, 0.3) is 0 Å². The summed E-state index contributed by atoms with van der Waals surface area (Å²) in [6, 6.07) is 5.44. The molecule has 1 amide bonds. The fourth-order valence-corrected chi connectivity index (χ4v) is 3.05. The van der Waals surface area contributed by atoms with Crippen LogP contribution in [0.5, 0.6) is 0 Å². The standard InChI is InChI=1S/C12H15FN2OS/c1-2-10-12(16)15(6-5-13)9-7-8(14)3-4-11(9)17-10/h3-4,7,10H,2,5-6,14H2,1H3. The Bertz CT molecular complexity index is 439. The molecule has 0 aliphatic carbocycles. The van der Waals surface area contributed by atoms with E-state index in [-0.39, 0.29) is 17.7 Å². The summed E-state index contributed by atoms with van der Waals surface area (Å²) < 4.78 is 12.5. The summed E-state index contributed by atoms with van der Waals surface area (Å²) in [7, 11) is 0. The smallest absolute Gasteiger partial charge is 0.240 e. The first-order valence-electron chi connectivity index (χ1n) is 5.61. The number of nitrogen functional groups attached to an aromatic ring is 1. The highest BCUT2D eigenvalue weighted by Gasteiger charge is 2.32. The lowest BCUT2D eigenvalue weighted by Crippen LogP contribution is -2.42. The Labute approximate surface area is 104 Å². The number of amides is 1. The van der Waals surface area contributed by atoms with Gasteiger partial charge in [-0.2, -0.15) is 0 Å². The molecule has 1 atom stereocenters. The Hall–Kier alpha value is -1.23. The van der Waals surface area contributed by atoms with Crippen molar-refractivity contribution in [2.24, 2.45) is 0 Å². The summed E-state index contributed by atoms with van der Waals surface area (Å²) in [6.07, 6.45) is 0.746. The molecule has 0 radical (unpaired) electrons. The van der Waals surface area contributed by atoms with Crippen LogP contribution in [0, 0.1) is 0 Å². The molecule has 17 heavy (non-hydrogen) atoms. The fourth-order valence-electron chi connectivity index (χ4n) is 1.91. The normalized spacial score (nSPS) is 19.3. The van der Waals surface area contributed by atoms with E-state index in [9.17, 15) is 9.18 Å². The third-order valence-electron chi connectivity index (χ3n) is 2.76. The summed E-state index contributed by atoms with van der Waals surface area (Å²) in [6.45, 7) is 1.53. The lowest BCUT2D eigenvalue weighted by Gasteiger charge is -2.32. The molecule has 0 fully saturated rings. The van der Waals surface area contributed by atoms with Gasteiger partial charge in [0.1, 0.15) is 6.67 Å². The minimum atomic E-state index is -0.541. The zero-order valence-electron chi connectivity index (χ0n) is 9.65. The maximum absolute atomic E-state index is 12.5. The van der Waals surface area contributed by atoms with Gasteiger partial charge in [-0.25, -0.2) is 4.39 Å². The Morgan fingerprint density at radius 3 is 2.94 bits per heavy atom. The molecule has 2 N–H and O–H groups in total. The maximum Gasteiger partial charge on any atom is 0.240 e. The van der Waals surface area contributed by atoms with Crippen LogP contribution in [-0.2, 0) is 4.79 Å². The van der Waals surface area contributed by atoms with Gasteiger partial charge in [-0.05, 0) is 24.6 Å². The van der Waals surface area contributed by atoms with Crippen molar-refractivity contribution in [3.63, 3.8) is 0 Å². The highest BCUT2D eigenvalue weighted by Crippen LogP contribution is 2.41. The first-order valence-corrected chi connectivity index (χ1v) is 6.49. The molecule has 1 aromatic rings. The summed E-state index contributed by atoms with van der Waals surface area (Å²) in [5.74, 6) is -0.0201. The highest BCUT2D eigenvalue weighted by atomic mass is 32.2. The van der Waals surface area contributed by atoms with E-state index in [4.69, 9.17) is 5.73 Å². The van der Waals surface area contributed by atoms with Crippen LogP contribution in [0.2, 0.25) is 0 Å². The molecule has 5 heteroatoms. The molecule has 0 bridgehead atoms. The Morgan fingerprint density at radius 2 is 2.29 bits per heavy atom. The lowest BCUT2D eigenvalue weighted by molar-refractivity contribution is -0.118. The number of rotatable bonds is 3. The number of thioether (sulfide) groups is 1. The molecule has 1 unspecified atom stereocenters. The van der Waals surface area contributed by atoms with Crippen LogP contribution in [0.3, 0.4) is 0 Å². The first-order chi connectivity index (χ1) is 8.17. The van der Waals surface area contributed by atoms with Gasteiger partial charge in [-0.15, -0.1) is 11.8 Å². The molecule has 1 aromatic carbocycles. The molecule has 3 nitrogen and oxygen atoms in total. The number of halogens is 1. The van der Waals surface area contributed by atoms with E-state index in [1.165, 1.54) is 16.7 Å². The van der Waals surface area contributed by atoms with Crippen molar-refractivity contribution in [3.8, 4) is 0 Å². The summed E-state index contributed by atoms with van der Waals surface area (Å²) in [4.78, 5) is 14.6. The largest absolute Gasteiger partial charge is 0.399 e. The minimum Gasteiger partial charge on any atom is -0.399 e. The van der Waals surface area contributed by atoms with Gasteiger partial charge in [0.25, 0.3) is 0 Å². The topological polar surface area (TPSA) is 46.3 Å². The predicted octanol–water partition coefficient (Wildman–Crippen LogP) is 2.46. The van der Waals surface area contributed by atoms with Gasteiger partial charge in [0.05, 0.1) is 17.5 Å². The molecule has 0 aromatic heterocycles. The second-order valence-corrected chi connectivity index (χ2v) is 5.17. The van der Waals surface area contributed by atoms with Gasteiger partial charge in [0.2, 0.25) is 5.91 Å². The zero-order chi connectivity index (χ0) is 12.4. The van der Waals surface area contributed by atoms with Crippen molar-refractivity contribution in [1.29, 1.82) is 0 Å². The third-order valence-corrected chi connectivity index (χ3v) is 4.18. The molecule has 92 valence electrons. The van der Waals surface area contributed by atoms with E-state index in [0.29, 0.717) is 5.69 Å². The number of alkyl halides is 1. The second kappa shape index (κ2) is 4.96. The molecule has 1 aliphatic rings. The van der Waals surface area contributed by atoms with E-state index < -0.39 is 6.67 Å². The molecule has 0 saturated carbocycles. The van der Waals surface area contributed by atoms with Crippen molar-refractivity contribution < 1.29 is 9.18 Å². The number of carbonyl (C=O) groups excluding carboxylic acids is 1. The van der Waals surface area contributed by atoms with Crippen molar-refractivity contribution in [1.82, 2.24) is 0 Å². The van der Waals surface area contributed by atoms with E-state index in [2.05, 4.69) is 0 Å².